The molecule has 0 aliphatic carbocycles. The molecule has 4 nitrogen and oxygen atoms in total. The van der Waals surface area contributed by atoms with Crippen LogP contribution in [0.3, 0.4) is 0 Å². The van der Waals surface area contributed by atoms with Crippen LogP contribution >= 0.6 is 0 Å². The van der Waals surface area contributed by atoms with Crippen molar-refractivity contribution in [3.05, 3.63) is 0 Å². The highest BCUT2D eigenvalue weighted by atomic mass is 16.6. The molecule has 0 spiro atoms. The lowest BCUT2D eigenvalue weighted by Gasteiger charge is -2.34. The molecule has 4 heteroatoms. The maximum absolute atomic E-state index is 9.25. The Hall–Kier alpha value is -0.450. The molecule has 1 rings (SSSR count). The van der Waals surface area contributed by atoms with Crippen LogP contribution in [-0.4, -0.2) is 49.3 Å². The summed E-state index contributed by atoms with van der Waals surface area (Å²) in [7, 11) is 4.07. The number of carbonyl (C=O) groups is 1. The molecule has 0 aromatic rings. The van der Waals surface area contributed by atoms with E-state index in [1.165, 1.54) is 0 Å². The Morgan fingerprint density at radius 3 is 2.07 bits per heavy atom. The van der Waals surface area contributed by atoms with Crippen LogP contribution in [0.15, 0.2) is 0 Å². The van der Waals surface area contributed by atoms with Crippen molar-refractivity contribution in [2.24, 2.45) is 0 Å². The monoisotopic (exact) mass is 219 g/mol. The fraction of sp³-hybridized carbons (Fsp3) is 0.909. The second-order valence-electron chi connectivity index (χ2n) is 3.49. The predicted octanol–water partition coefficient (Wildman–Crippen LogP) is 1.28. The summed E-state index contributed by atoms with van der Waals surface area (Å²) < 4.78 is 5.20. The zero-order valence-corrected chi connectivity index (χ0v) is 10.6. The van der Waals surface area contributed by atoms with Gasteiger partial charge in [-0.2, -0.15) is 0 Å². The number of hydrogen-bond acceptors (Lipinski definition) is 4. The number of nitrogens with zero attached hydrogens (tertiary/aromatic N) is 1. The minimum Gasteiger partial charge on any atom is -0.368 e. The maximum atomic E-state index is 9.25. The van der Waals surface area contributed by atoms with Crippen LogP contribution in [-0.2, 0) is 9.53 Å². The summed E-state index contributed by atoms with van der Waals surface area (Å²) in [5.74, 6) is 0. The number of aliphatic hydroxyl groups is 1. The van der Waals surface area contributed by atoms with Crippen molar-refractivity contribution in [3.63, 3.8) is 0 Å². The highest BCUT2D eigenvalue weighted by Crippen LogP contribution is 2.20. The molecule has 0 bridgehead atoms. The molecular formula is C11H25NO3. The molecule has 0 saturated carbocycles. The van der Waals surface area contributed by atoms with Crippen LogP contribution in [0.2, 0.25) is 0 Å². The normalized spacial score (nSPS) is 29.7. The summed E-state index contributed by atoms with van der Waals surface area (Å²) in [4.78, 5) is 10.1. The summed E-state index contributed by atoms with van der Waals surface area (Å²) in [6.45, 7) is 8.00. The predicted molar refractivity (Wildman–Crippen MR) is 61.7 cm³/mol. The van der Waals surface area contributed by atoms with E-state index in [1.807, 2.05) is 41.7 Å². The van der Waals surface area contributed by atoms with E-state index in [9.17, 15) is 5.11 Å². The molecule has 1 aliphatic rings. The highest BCUT2D eigenvalue weighted by molar-refractivity contribution is 5.10. The van der Waals surface area contributed by atoms with Crippen molar-refractivity contribution < 1.29 is 14.6 Å². The molecule has 1 heterocycles. The minimum absolute atomic E-state index is 0.186. The van der Waals surface area contributed by atoms with E-state index in [0.717, 1.165) is 12.8 Å². The van der Waals surface area contributed by atoms with Crippen LogP contribution in [0.25, 0.3) is 0 Å². The van der Waals surface area contributed by atoms with Crippen LogP contribution in [0.4, 0.5) is 0 Å². The van der Waals surface area contributed by atoms with Gasteiger partial charge in [0.05, 0.1) is 6.10 Å². The van der Waals surface area contributed by atoms with Crippen molar-refractivity contribution in [3.8, 4) is 0 Å². The van der Waals surface area contributed by atoms with Gasteiger partial charge in [-0.15, -0.1) is 0 Å². The first-order valence-electron chi connectivity index (χ1n) is 5.38. The van der Waals surface area contributed by atoms with E-state index in [1.54, 1.807) is 0 Å². The van der Waals surface area contributed by atoms with Gasteiger partial charge in [0.15, 0.2) is 6.29 Å². The summed E-state index contributed by atoms with van der Waals surface area (Å²) >= 11 is 0. The van der Waals surface area contributed by atoms with E-state index in [2.05, 4.69) is 4.90 Å². The summed E-state index contributed by atoms with van der Waals surface area (Å²) in [5, 5.41) is 9.25. The lowest BCUT2D eigenvalue weighted by Crippen LogP contribution is -2.41. The van der Waals surface area contributed by atoms with Crippen molar-refractivity contribution in [2.45, 2.75) is 52.0 Å². The van der Waals surface area contributed by atoms with Crippen LogP contribution in [0, 0.1) is 0 Å². The topological polar surface area (TPSA) is 49.8 Å². The van der Waals surface area contributed by atoms with E-state index in [4.69, 9.17) is 9.53 Å². The molecule has 0 aromatic heterocycles. The Kier molecular flexibility index (Phi) is 11.4. The summed E-state index contributed by atoms with van der Waals surface area (Å²) in [6.07, 6.45) is 1.37. The van der Waals surface area contributed by atoms with Crippen molar-refractivity contribution in [1.82, 2.24) is 4.90 Å². The zero-order valence-electron chi connectivity index (χ0n) is 10.6. The number of carbonyl (C=O) groups excluding carboxylic acids is 1. The van der Waals surface area contributed by atoms with Crippen LogP contribution < -0.4 is 0 Å². The van der Waals surface area contributed by atoms with Gasteiger partial charge in [-0.05, 0) is 27.4 Å². The Bertz CT molecular complexity index is 132. The van der Waals surface area contributed by atoms with Gasteiger partial charge >= 0.3 is 0 Å². The minimum atomic E-state index is -0.564. The van der Waals surface area contributed by atoms with Gasteiger partial charge in [0.2, 0.25) is 0 Å². The first-order valence-corrected chi connectivity index (χ1v) is 5.38. The van der Waals surface area contributed by atoms with Gasteiger partial charge in [-0.25, -0.2) is 0 Å². The average Bonchev–Trinajstić information content (AvgIpc) is 2.22. The molecular weight excluding hydrogens is 194 g/mol. The largest absolute Gasteiger partial charge is 0.368 e. The van der Waals surface area contributed by atoms with Crippen molar-refractivity contribution in [2.75, 3.05) is 14.1 Å². The summed E-state index contributed by atoms with van der Waals surface area (Å²) in [5.41, 5.74) is 0. The Morgan fingerprint density at radius 2 is 1.73 bits per heavy atom. The summed E-state index contributed by atoms with van der Waals surface area (Å²) in [6, 6.07) is 0.466. The van der Waals surface area contributed by atoms with Crippen LogP contribution in [0.1, 0.15) is 33.6 Å². The van der Waals surface area contributed by atoms with Gasteiger partial charge in [0.25, 0.3) is 0 Å². The molecule has 0 amide bonds. The van der Waals surface area contributed by atoms with Gasteiger partial charge in [-0.3, -0.25) is 0 Å². The number of ether oxygens (including phenoxy) is 1. The number of rotatable bonds is 1. The Balaban J connectivity index is 0. The van der Waals surface area contributed by atoms with Crippen LogP contribution in [0.5, 0.6) is 0 Å². The number of aliphatic hydroxyl groups excluding tert-OH is 1. The van der Waals surface area contributed by atoms with E-state index in [-0.39, 0.29) is 6.10 Å². The van der Waals surface area contributed by atoms with Gasteiger partial charge < -0.3 is 19.5 Å². The van der Waals surface area contributed by atoms with E-state index in [0.29, 0.717) is 6.04 Å². The zero-order chi connectivity index (χ0) is 12.4. The standard InChI is InChI=1S/C8H17NO2.C2H6.CH2O/c1-6-4-7(9(2)3)5-8(10)11-6;2*1-2/h6-8,10H,4-5H2,1-3H3;1-2H3;1H2. The van der Waals surface area contributed by atoms with E-state index >= 15 is 0 Å². The van der Waals surface area contributed by atoms with Gasteiger partial charge in [-0.1, -0.05) is 13.8 Å². The lowest BCUT2D eigenvalue weighted by molar-refractivity contribution is -0.172. The molecule has 92 valence electrons. The quantitative estimate of drug-likeness (QED) is 0.721. The van der Waals surface area contributed by atoms with Crippen molar-refractivity contribution in [1.29, 1.82) is 0 Å². The Labute approximate surface area is 93.2 Å². The second-order valence-corrected chi connectivity index (χ2v) is 3.49. The maximum Gasteiger partial charge on any atom is 0.156 e. The molecule has 3 unspecified atom stereocenters. The first kappa shape index (κ1) is 17.0. The fourth-order valence-corrected chi connectivity index (χ4v) is 1.51. The molecule has 1 aliphatic heterocycles. The fourth-order valence-electron chi connectivity index (χ4n) is 1.51. The second kappa shape index (κ2) is 10.1. The van der Waals surface area contributed by atoms with Crippen molar-refractivity contribution >= 4 is 6.79 Å². The third-order valence-corrected chi connectivity index (χ3v) is 2.20. The smallest absolute Gasteiger partial charge is 0.156 e. The van der Waals surface area contributed by atoms with Gasteiger partial charge in [0, 0.05) is 12.5 Å². The molecule has 1 saturated heterocycles. The highest BCUT2D eigenvalue weighted by Gasteiger charge is 2.26. The lowest BCUT2D eigenvalue weighted by atomic mass is 10.0. The third kappa shape index (κ3) is 7.48. The Morgan fingerprint density at radius 1 is 1.27 bits per heavy atom. The van der Waals surface area contributed by atoms with Gasteiger partial charge in [0.1, 0.15) is 6.79 Å². The average molecular weight is 219 g/mol. The van der Waals surface area contributed by atoms with E-state index < -0.39 is 6.29 Å². The molecule has 1 fully saturated rings. The molecule has 3 atom stereocenters. The SMILES string of the molecule is C=O.CC.CC1CC(N(C)C)CC(O)O1. The molecule has 0 radical (unpaired) electrons. The molecule has 0 aromatic carbocycles. The third-order valence-electron chi connectivity index (χ3n) is 2.20. The number of hydrogen-bond donors (Lipinski definition) is 1. The molecule has 15 heavy (non-hydrogen) atoms. The molecule has 1 N–H and O–H groups in total. The first-order chi connectivity index (χ1) is 7.09.